The molecule has 0 aromatic carbocycles. The van der Waals surface area contributed by atoms with Crippen LogP contribution in [0.1, 0.15) is 25.3 Å². The van der Waals surface area contributed by atoms with Crippen LogP contribution in [0.15, 0.2) is 36.9 Å². The lowest BCUT2D eigenvalue weighted by Gasteiger charge is -2.05. The minimum Gasteiger partial charge on any atom is -0.240 e. The van der Waals surface area contributed by atoms with E-state index in [0.29, 0.717) is 17.0 Å². The van der Waals surface area contributed by atoms with Crippen LogP contribution in [-0.2, 0) is 6.30 Å². The van der Waals surface area contributed by atoms with Crippen LogP contribution in [0, 0.1) is 0 Å². The Balaban J connectivity index is 2.04. The van der Waals surface area contributed by atoms with Gasteiger partial charge in [-0.05, 0) is 12.0 Å². The van der Waals surface area contributed by atoms with E-state index in [1.807, 2.05) is 6.07 Å². The summed E-state index contributed by atoms with van der Waals surface area (Å²) in [5.74, 6) is 0.335. The average molecular weight is 294 g/mol. The molecule has 0 aliphatic rings. The quantitative estimate of drug-likeness (QED) is 0.720. The zero-order valence-electron chi connectivity index (χ0n) is 11.5. The molecule has 7 heteroatoms. The predicted octanol–water partition coefficient (Wildman–Crippen LogP) is 3.80. The van der Waals surface area contributed by atoms with Gasteiger partial charge >= 0.3 is 6.30 Å². The molecule has 4 nitrogen and oxygen atoms in total. The van der Waals surface area contributed by atoms with Crippen LogP contribution >= 0.6 is 0 Å². The first kappa shape index (κ1) is 13.7. The number of aromatic nitrogens is 4. The maximum atomic E-state index is 12.5. The fourth-order valence-electron chi connectivity index (χ4n) is 2.23. The summed E-state index contributed by atoms with van der Waals surface area (Å²) < 4.78 is 39.3. The molecule has 21 heavy (non-hydrogen) atoms. The number of pyridine rings is 1. The zero-order chi connectivity index (χ0) is 15.2. The molecule has 0 N–H and O–H groups in total. The summed E-state index contributed by atoms with van der Waals surface area (Å²) in [6.45, 7) is 4.14. The molecule has 0 fully saturated rings. The predicted molar refractivity (Wildman–Crippen MR) is 71.8 cm³/mol. The molecule has 0 aliphatic heterocycles. The smallest absolute Gasteiger partial charge is 0.240 e. The van der Waals surface area contributed by atoms with E-state index in [9.17, 15) is 13.2 Å². The van der Waals surface area contributed by atoms with E-state index in [1.54, 1.807) is 23.0 Å². The Morgan fingerprint density at radius 3 is 2.38 bits per heavy atom. The number of hydrogen-bond acceptors (Lipinski definition) is 2. The SMILES string of the molecule is CC(C)c1cnn2cc(-c3cnn(C(F)(F)F)c3)ccc12. The second-order valence-electron chi connectivity index (χ2n) is 5.14. The van der Waals surface area contributed by atoms with Crippen LogP contribution in [0.3, 0.4) is 0 Å². The molecule has 3 rings (SSSR count). The highest BCUT2D eigenvalue weighted by Gasteiger charge is 2.31. The highest BCUT2D eigenvalue weighted by molar-refractivity contribution is 5.66. The van der Waals surface area contributed by atoms with E-state index >= 15 is 0 Å². The van der Waals surface area contributed by atoms with Gasteiger partial charge in [0.2, 0.25) is 0 Å². The average Bonchev–Trinajstić information content (AvgIpc) is 3.04. The second-order valence-corrected chi connectivity index (χ2v) is 5.14. The van der Waals surface area contributed by atoms with Gasteiger partial charge in [-0.3, -0.25) is 0 Å². The lowest BCUT2D eigenvalue weighted by Crippen LogP contribution is -2.16. The summed E-state index contributed by atoms with van der Waals surface area (Å²) in [5.41, 5.74) is 3.09. The third kappa shape index (κ3) is 2.39. The van der Waals surface area contributed by atoms with Crippen molar-refractivity contribution in [1.29, 1.82) is 0 Å². The van der Waals surface area contributed by atoms with Crippen molar-refractivity contribution in [2.45, 2.75) is 26.1 Å². The van der Waals surface area contributed by atoms with Crippen molar-refractivity contribution in [1.82, 2.24) is 19.4 Å². The molecule has 110 valence electrons. The van der Waals surface area contributed by atoms with Crippen molar-refractivity contribution in [2.24, 2.45) is 0 Å². The molecule has 0 amide bonds. The lowest BCUT2D eigenvalue weighted by molar-refractivity contribution is -0.212. The number of rotatable bonds is 2. The minimum atomic E-state index is -4.50. The first-order chi connectivity index (χ1) is 9.86. The Kier molecular flexibility index (Phi) is 3.00. The normalized spacial score (nSPS) is 12.5. The van der Waals surface area contributed by atoms with Gasteiger partial charge in [-0.1, -0.05) is 19.9 Å². The first-order valence-corrected chi connectivity index (χ1v) is 6.46. The number of alkyl halides is 3. The third-order valence-electron chi connectivity index (χ3n) is 3.34. The first-order valence-electron chi connectivity index (χ1n) is 6.46. The summed E-state index contributed by atoms with van der Waals surface area (Å²) in [6.07, 6.45) is 1.15. The van der Waals surface area contributed by atoms with Crippen LogP contribution in [0.25, 0.3) is 16.6 Å². The van der Waals surface area contributed by atoms with Gasteiger partial charge in [0.05, 0.1) is 17.9 Å². The number of nitrogens with zero attached hydrogens (tertiary/aromatic N) is 4. The molecule has 0 bridgehead atoms. The van der Waals surface area contributed by atoms with Gasteiger partial charge < -0.3 is 0 Å². The largest absolute Gasteiger partial charge is 0.504 e. The Morgan fingerprint density at radius 2 is 1.76 bits per heavy atom. The standard InChI is InChI=1S/C14H13F3N4/c1-9(2)12-6-18-20-7-10(3-4-13(12)20)11-5-19-21(8-11)14(15,16)17/h3-9H,1-2H3. The molecule has 0 spiro atoms. The van der Waals surface area contributed by atoms with Crippen molar-refractivity contribution in [3.05, 3.63) is 42.5 Å². The molecule has 0 unspecified atom stereocenters. The molecular weight excluding hydrogens is 281 g/mol. The van der Waals surface area contributed by atoms with Gasteiger partial charge in [0, 0.05) is 29.1 Å². The van der Waals surface area contributed by atoms with Crippen LogP contribution in [-0.4, -0.2) is 19.4 Å². The topological polar surface area (TPSA) is 35.1 Å². The highest BCUT2D eigenvalue weighted by Crippen LogP contribution is 2.27. The van der Waals surface area contributed by atoms with Crippen LogP contribution in [0.4, 0.5) is 13.2 Å². The van der Waals surface area contributed by atoms with Gasteiger partial charge in [0.1, 0.15) is 0 Å². The summed E-state index contributed by atoms with van der Waals surface area (Å²) in [5, 5.41) is 7.59. The van der Waals surface area contributed by atoms with E-state index in [-0.39, 0.29) is 4.68 Å². The van der Waals surface area contributed by atoms with Crippen LogP contribution in [0.5, 0.6) is 0 Å². The van der Waals surface area contributed by atoms with Gasteiger partial charge in [-0.2, -0.15) is 14.9 Å². The molecule has 0 saturated heterocycles. The summed E-state index contributed by atoms with van der Waals surface area (Å²) in [6, 6.07) is 3.64. The van der Waals surface area contributed by atoms with Gasteiger partial charge in [0.25, 0.3) is 0 Å². The molecule has 0 atom stereocenters. The molecule has 0 radical (unpaired) electrons. The van der Waals surface area contributed by atoms with Crippen molar-refractivity contribution in [3.8, 4) is 11.1 Å². The molecule has 0 saturated carbocycles. The van der Waals surface area contributed by atoms with Gasteiger partial charge in [0.15, 0.2) is 0 Å². The Hall–Kier alpha value is -2.31. The van der Waals surface area contributed by atoms with Crippen LogP contribution < -0.4 is 0 Å². The maximum absolute atomic E-state index is 12.5. The highest BCUT2D eigenvalue weighted by atomic mass is 19.4. The molecular formula is C14H13F3N4. The molecule has 3 aromatic heterocycles. The second kappa shape index (κ2) is 4.61. The van der Waals surface area contributed by atoms with Crippen molar-refractivity contribution in [2.75, 3.05) is 0 Å². The van der Waals surface area contributed by atoms with E-state index in [1.165, 1.54) is 6.20 Å². The van der Waals surface area contributed by atoms with Crippen molar-refractivity contribution >= 4 is 5.52 Å². The number of fused-ring (bicyclic) bond motifs is 1. The monoisotopic (exact) mass is 294 g/mol. The van der Waals surface area contributed by atoms with Crippen molar-refractivity contribution in [3.63, 3.8) is 0 Å². The van der Waals surface area contributed by atoms with Gasteiger partial charge in [-0.25, -0.2) is 4.52 Å². The van der Waals surface area contributed by atoms with Crippen molar-refractivity contribution < 1.29 is 13.2 Å². The van der Waals surface area contributed by atoms with E-state index in [2.05, 4.69) is 24.0 Å². The lowest BCUT2D eigenvalue weighted by atomic mass is 10.0. The summed E-state index contributed by atoms with van der Waals surface area (Å²) in [4.78, 5) is 0. The Bertz CT molecular complexity index is 783. The molecule has 0 aliphatic carbocycles. The van der Waals surface area contributed by atoms with Gasteiger partial charge in [-0.15, -0.1) is 13.2 Å². The fourth-order valence-corrected chi connectivity index (χ4v) is 2.23. The minimum absolute atomic E-state index is 0.00480. The van der Waals surface area contributed by atoms with E-state index in [4.69, 9.17) is 0 Å². The molecule has 3 aromatic rings. The summed E-state index contributed by atoms with van der Waals surface area (Å²) >= 11 is 0. The fraction of sp³-hybridized carbons (Fsp3) is 0.286. The van der Waals surface area contributed by atoms with Crippen LogP contribution in [0.2, 0.25) is 0 Å². The maximum Gasteiger partial charge on any atom is 0.504 e. The zero-order valence-corrected chi connectivity index (χ0v) is 11.5. The number of halogens is 3. The number of hydrogen-bond donors (Lipinski definition) is 0. The molecule has 3 heterocycles. The Morgan fingerprint density at radius 1 is 1.00 bits per heavy atom. The van der Waals surface area contributed by atoms with E-state index in [0.717, 1.165) is 17.3 Å². The van der Waals surface area contributed by atoms with E-state index < -0.39 is 6.30 Å². The summed E-state index contributed by atoms with van der Waals surface area (Å²) in [7, 11) is 0. The Labute approximate surface area is 118 Å². The third-order valence-corrected chi connectivity index (χ3v) is 3.34.